The normalized spacial score (nSPS) is 17.1. The highest BCUT2D eigenvalue weighted by molar-refractivity contribution is 5.74. The van der Waals surface area contributed by atoms with E-state index in [1.165, 1.54) is 6.26 Å². The monoisotopic (exact) mass is 316 g/mol. The summed E-state index contributed by atoms with van der Waals surface area (Å²) in [6.07, 6.45) is 5.33. The summed E-state index contributed by atoms with van der Waals surface area (Å²) >= 11 is 0. The molecule has 0 aromatic carbocycles. The maximum absolute atomic E-state index is 12.5. The molecule has 23 heavy (non-hydrogen) atoms. The van der Waals surface area contributed by atoms with Gasteiger partial charge in [0.05, 0.1) is 24.9 Å². The molecule has 2 aromatic heterocycles. The Morgan fingerprint density at radius 3 is 3.00 bits per heavy atom. The highest BCUT2D eigenvalue weighted by Crippen LogP contribution is 2.15. The second-order valence-corrected chi connectivity index (χ2v) is 5.49. The molecule has 1 fully saturated rings. The van der Waals surface area contributed by atoms with E-state index in [0.29, 0.717) is 25.3 Å². The van der Waals surface area contributed by atoms with Crippen molar-refractivity contribution in [1.29, 1.82) is 0 Å². The van der Waals surface area contributed by atoms with Gasteiger partial charge in [-0.1, -0.05) is 11.2 Å². The summed E-state index contributed by atoms with van der Waals surface area (Å²) < 4.78 is 10.4. The van der Waals surface area contributed by atoms with Crippen molar-refractivity contribution >= 4 is 6.03 Å². The molecule has 3 rings (SSSR count). The molecule has 3 heterocycles. The van der Waals surface area contributed by atoms with Gasteiger partial charge >= 0.3 is 6.03 Å². The van der Waals surface area contributed by atoms with E-state index >= 15 is 0 Å². The lowest BCUT2D eigenvalue weighted by molar-refractivity contribution is 0.0791. The van der Waals surface area contributed by atoms with Crippen molar-refractivity contribution in [1.82, 2.24) is 20.4 Å². The van der Waals surface area contributed by atoms with E-state index in [1.807, 2.05) is 18.2 Å². The fourth-order valence-electron chi connectivity index (χ4n) is 2.55. The van der Waals surface area contributed by atoms with Crippen molar-refractivity contribution in [3.8, 4) is 0 Å². The van der Waals surface area contributed by atoms with Gasteiger partial charge in [0.1, 0.15) is 12.0 Å². The first-order valence-electron chi connectivity index (χ1n) is 7.75. The number of carbonyl (C=O) groups is 1. The Balaban J connectivity index is 1.61. The smallest absolute Gasteiger partial charge is 0.318 e. The lowest BCUT2D eigenvalue weighted by Gasteiger charge is -2.25. The zero-order chi connectivity index (χ0) is 15.9. The van der Waals surface area contributed by atoms with Gasteiger partial charge in [-0.2, -0.15) is 0 Å². The number of urea groups is 1. The summed E-state index contributed by atoms with van der Waals surface area (Å²) in [6.45, 7) is 2.11. The number of amides is 2. The topological polar surface area (TPSA) is 80.5 Å². The Hall–Kier alpha value is -2.41. The molecule has 1 saturated heterocycles. The molecule has 0 spiro atoms. The third kappa shape index (κ3) is 4.53. The van der Waals surface area contributed by atoms with Crippen LogP contribution >= 0.6 is 0 Å². The Morgan fingerprint density at radius 2 is 2.30 bits per heavy atom. The third-order valence-corrected chi connectivity index (χ3v) is 3.73. The van der Waals surface area contributed by atoms with Gasteiger partial charge in [0.15, 0.2) is 0 Å². The van der Waals surface area contributed by atoms with Gasteiger partial charge in [0, 0.05) is 25.4 Å². The summed E-state index contributed by atoms with van der Waals surface area (Å²) in [5, 5.41) is 6.65. The van der Waals surface area contributed by atoms with Crippen molar-refractivity contribution in [3.63, 3.8) is 0 Å². The molecular weight excluding hydrogens is 296 g/mol. The van der Waals surface area contributed by atoms with Gasteiger partial charge in [-0.3, -0.25) is 4.98 Å². The molecule has 7 nitrogen and oxygen atoms in total. The van der Waals surface area contributed by atoms with Crippen molar-refractivity contribution < 1.29 is 14.1 Å². The number of rotatable bonds is 6. The van der Waals surface area contributed by atoms with Crippen LogP contribution in [0, 0.1) is 0 Å². The molecule has 1 unspecified atom stereocenters. The highest BCUT2D eigenvalue weighted by atomic mass is 16.5. The van der Waals surface area contributed by atoms with E-state index in [0.717, 1.165) is 25.1 Å². The van der Waals surface area contributed by atoms with Gasteiger partial charge in [0.2, 0.25) is 0 Å². The molecule has 7 heteroatoms. The Kier molecular flexibility index (Phi) is 5.21. The minimum Gasteiger partial charge on any atom is -0.376 e. The average molecular weight is 316 g/mol. The second kappa shape index (κ2) is 7.73. The van der Waals surface area contributed by atoms with Crippen LogP contribution in [0.5, 0.6) is 0 Å². The van der Waals surface area contributed by atoms with Crippen molar-refractivity contribution in [2.45, 2.75) is 32.0 Å². The van der Waals surface area contributed by atoms with E-state index in [9.17, 15) is 4.79 Å². The Morgan fingerprint density at radius 1 is 1.35 bits per heavy atom. The standard InChI is InChI=1S/C16H20N4O3/c21-16(18-10-13-6-9-23-19-13)20(12-15-5-3-8-22-15)11-14-4-1-2-7-17-14/h1-2,4,6-7,9,15H,3,5,8,10-12H2,(H,18,21). The third-order valence-electron chi connectivity index (χ3n) is 3.73. The molecule has 1 aliphatic rings. The van der Waals surface area contributed by atoms with Crippen LogP contribution in [0.15, 0.2) is 41.2 Å². The number of ether oxygens (including phenoxy) is 1. The molecular formula is C16H20N4O3. The van der Waals surface area contributed by atoms with Gasteiger partial charge in [-0.15, -0.1) is 0 Å². The van der Waals surface area contributed by atoms with E-state index in [-0.39, 0.29) is 12.1 Å². The minimum absolute atomic E-state index is 0.0940. The summed E-state index contributed by atoms with van der Waals surface area (Å²) in [6, 6.07) is 7.25. The fourth-order valence-corrected chi connectivity index (χ4v) is 2.55. The molecule has 0 radical (unpaired) electrons. The zero-order valence-corrected chi connectivity index (χ0v) is 12.9. The van der Waals surface area contributed by atoms with Crippen molar-refractivity contribution in [3.05, 3.63) is 48.1 Å². The predicted octanol–water partition coefficient (Wildman–Crippen LogP) is 1.96. The average Bonchev–Trinajstić information content (AvgIpc) is 3.26. The summed E-state index contributed by atoms with van der Waals surface area (Å²) in [7, 11) is 0. The largest absolute Gasteiger partial charge is 0.376 e. The molecule has 0 saturated carbocycles. The second-order valence-electron chi connectivity index (χ2n) is 5.49. The van der Waals surface area contributed by atoms with E-state index in [1.54, 1.807) is 17.2 Å². The Bertz CT molecular complexity index is 597. The number of hydrogen-bond acceptors (Lipinski definition) is 5. The number of carbonyl (C=O) groups excluding carboxylic acids is 1. The minimum atomic E-state index is -0.158. The molecule has 1 N–H and O–H groups in total. The number of hydrogen-bond donors (Lipinski definition) is 1. The van der Waals surface area contributed by atoms with Crippen LogP contribution in [0.2, 0.25) is 0 Å². The first-order chi connectivity index (χ1) is 11.3. The zero-order valence-electron chi connectivity index (χ0n) is 12.9. The van der Waals surface area contributed by atoms with Gasteiger partial charge in [0.25, 0.3) is 0 Å². The van der Waals surface area contributed by atoms with Gasteiger partial charge < -0.3 is 19.5 Å². The first-order valence-corrected chi connectivity index (χ1v) is 7.75. The van der Waals surface area contributed by atoms with Crippen LogP contribution < -0.4 is 5.32 Å². The quantitative estimate of drug-likeness (QED) is 0.881. The summed E-state index contributed by atoms with van der Waals surface area (Å²) in [5.41, 5.74) is 1.54. The fraction of sp³-hybridized carbons (Fsp3) is 0.438. The molecule has 2 amide bonds. The molecule has 2 aromatic rings. The van der Waals surface area contributed by atoms with E-state index in [2.05, 4.69) is 15.5 Å². The van der Waals surface area contributed by atoms with Crippen LogP contribution in [0.1, 0.15) is 24.2 Å². The summed E-state index contributed by atoms with van der Waals surface area (Å²) in [4.78, 5) is 18.5. The van der Waals surface area contributed by atoms with E-state index in [4.69, 9.17) is 9.26 Å². The maximum atomic E-state index is 12.5. The number of aromatic nitrogens is 2. The number of nitrogens with zero attached hydrogens (tertiary/aromatic N) is 3. The van der Waals surface area contributed by atoms with Crippen LogP contribution in [0.4, 0.5) is 4.79 Å². The van der Waals surface area contributed by atoms with Crippen molar-refractivity contribution in [2.75, 3.05) is 13.2 Å². The molecule has 122 valence electrons. The van der Waals surface area contributed by atoms with Crippen molar-refractivity contribution in [2.24, 2.45) is 0 Å². The van der Waals surface area contributed by atoms with Crippen LogP contribution in [-0.2, 0) is 17.8 Å². The van der Waals surface area contributed by atoms with Crippen LogP contribution in [-0.4, -0.2) is 40.3 Å². The molecule has 0 aliphatic carbocycles. The molecule has 1 atom stereocenters. The Labute approximate surface area is 134 Å². The van der Waals surface area contributed by atoms with Gasteiger partial charge in [-0.25, -0.2) is 4.79 Å². The lowest BCUT2D eigenvalue weighted by Crippen LogP contribution is -2.43. The highest BCUT2D eigenvalue weighted by Gasteiger charge is 2.23. The predicted molar refractivity (Wildman–Crippen MR) is 82.4 cm³/mol. The van der Waals surface area contributed by atoms with Crippen LogP contribution in [0.3, 0.4) is 0 Å². The summed E-state index contributed by atoms with van der Waals surface area (Å²) in [5.74, 6) is 0. The van der Waals surface area contributed by atoms with Gasteiger partial charge in [-0.05, 0) is 25.0 Å². The molecule has 0 bridgehead atoms. The number of pyridine rings is 1. The maximum Gasteiger partial charge on any atom is 0.318 e. The SMILES string of the molecule is O=C(NCc1ccon1)N(Cc1ccccn1)CC1CCCO1. The van der Waals surface area contributed by atoms with E-state index < -0.39 is 0 Å². The lowest BCUT2D eigenvalue weighted by atomic mass is 10.2. The van der Waals surface area contributed by atoms with Crippen LogP contribution in [0.25, 0.3) is 0 Å². The first kappa shape index (κ1) is 15.5. The number of nitrogens with one attached hydrogen (secondary N) is 1. The molecule has 1 aliphatic heterocycles.